The molecule has 1 aliphatic heterocycles. The second kappa shape index (κ2) is 9.09. The number of anilines is 1. The van der Waals surface area contributed by atoms with Crippen LogP contribution in [0.5, 0.6) is 0 Å². The summed E-state index contributed by atoms with van der Waals surface area (Å²) in [5.74, 6) is 0. The van der Waals surface area contributed by atoms with Gasteiger partial charge in [-0.05, 0) is 49.0 Å². The highest BCUT2D eigenvalue weighted by Crippen LogP contribution is 2.20. The predicted molar refractivity (Wildman–Crippen MR) is 99.3 cm³/mol. The van der Waals surface area contributed by atoms with E-state index >= 15 is 0 Å². The molecule has 1 heterocycles. The van der Waals surface area contributed by atoms with Gasteiger partial charge in [-0.1, -0.05) is 62.1 Å². The number of rotatable bonds is 6. The summed E-state index contributed by atoms with van der Waals surface area (Å²) >= 11 is 0. The highest BCUT2D eigenvalue weighted by atomic mass is 15.1. The van der Waals surface area contributed by atoms with Gasteiger partial charge in [0.05, 0.1) is 0 Å². The Morgan fingerprint density at radius 2 is 1.82 bits per heavy atom. The molecule has 116 valence electrons. The van der Waals surface area contributed by atoms with Gasteiger partial charge in [0, 0.05) is 18.8 Å². The number of nitrogens with zero attached hydrogens (tertiary/aromatic N) is 1. The molecule has 0 radical (unpaired) electrons. The second-order valence-electron chi connectivity index (χ2n) is 5.69. The standard InChI is InChI=1S/C21H27N/c1-3-5-10-19(9-4-2)11-12-20-13-15-21(16-14-20)22-17-7-6-8-18-22/h4-5,9-16H,2-3,6-8,17-18H2,1H3/b10-5-,12-11+,19-9+. The highest BCUT2D eigenvalue weighted by Gasteiger charge is 2.09. The van der Waals surface area contributed by atoms with E-state index in [1.54, 1.807) is 0 Å². The average Bonchev–Trinajstić information content (AvgIpc) is 2.58. The summed E-state index contributed by atoms with van der Waals surface area (Å²) in [4.78, 5) is 2.49. The number of hydrogen-bond acceptors (Lipinski definition) is 1. The van der Waals surface area contributed by atoms with Crippen LogP contribution in [-0.4, -0.2) is 13.1 Å². The lowest BCUT2D eigenvalue weighted by molar-refractivity contribution is 0.578. The van der Waals surface area contributed by atoms with E-state index in [4.69, 9.17) is 0 Å². The third-order valence-corrected chi connectivity index (χ3v) is 3.94. The van der Waals surface area contributed by atoms with Crippen LogP contribution in [0.2, 0.25) is 0 Å². The van der Waals surface area contributed by atoms with Gasteiger partial charge >= 0.3 is 0 Å². The molecule has 0 unspecified atom stereocenters. The van der Waals surface area contributed by atoms with Gasteiger partial charge in [0.2, 0.25) is 0 Å². The van der Waals surface area contributed by atoms with Gasteiger partial charge in [-0.15, -0.1) is 0 Å². The Labute approximate surface area is 135 Å². The molecule has 1 aromatic rings. The first kappa shape index (κ1) is 16.4. The predicted octanol–water partition coefficient (Wildman–Crippen LogP) is 5.77. The normalized spacial score (nSPS) is 16.6. The maximum absolute atomic E-state index is 3.78. The Balaban J connectivity index is 2.03. The minimum Gasteiger partial charge on any atom is -0.372 e. The Morgan fingerprint density at radius 1 is 1.09 bits per heavy atom. The summed E-state index contributed by atoms with van der Waals surface area (Å²) in [7, 11) is 0. The largest absolute Gasteiger partial charge is 0.372 e. The molecule has 22 heavy (non-hydrogen) atoms. The first-order chi connectivity index (χ1) is 10.8. The molecule has 1 heteroatoms. The van der Waals surface area contributed by atoms with E-state index in [0.29, 0.717) is 0 Å². The van der Waals surface area contributed by atoms with Crippen molar-refractivity contribution in [2.45, 2.75) is 32.6 Å². The number of hydrogen-bond donors (Lipinski definition) is 0. The summed E-state index contributed by atoms with van der Waals surface area (Å²) in [6, 6.07) is 8.89. The lowest BCUT2D eigenvalue weighted by Crippen LogP contribution is -2.29. The van der Waals surface area contributed by atoms with E-state index < -0.39 is 0 Å². The van der Waals surface area contributed by atoms with E-state index in [1.165, 1.54) is 49.2 Å². The van der Waals surface area contributed by atoms with Crippen LogP contribution in [-0.2, 0) is 0 Å². The Bertz CT molecular complexity index is 540. The highest BCUT2D eigenvalue weighted by molar-refractivity contribution is 5.59. The molecule has 0 N–H and O–H groups in total. The molecule has 0 aliphatic carbocycles. The minimum absolute atomic E-state index is 1.05. The fraction of sp³-hybridized carbons (Fsp3) is 0.333. The van der Waals surface area contributed by atoms with Gasteiger partial charge in [0.25, 0.3) is 0 Å². The molecule has 0 bridgehead atoms. The summed E-state index contributed by atoms with van der Waals surface area (Å²) in [6.07, 6.45) is 17.5. The molecule has 0 amide bonds. The van der Waals surface area contributed by atoms with Crippen molar-refractivity contribution in [2.24, 2.45) is 0 Å². The monoisotopic (exact) mass is 293 g/mol. The first-order valence-corrected chi connectivity index (χ1v) is 8.36. The SMILES string of the molecule is C=C/C=C(\C=C/CC)/C=C/c1ccc(N2CCCCC2)cc1. The molecule has 2 rings (SSSR count). The van der Waals surface area contributed by atoms with Crippen molar-refractivity contribution >= 4 is 11.8 Å². The van der Waals surface area contributed by atoms with E-state index in [0.717, 1.165) is 6.42 Å². The third-order valence-electron chi connectivity index (χ3n) is 3.94. The zero-order valence-corrected chi connectivity index (χ0v) is 13.7. The first-order valence-electron chi connectivity index (χ1n) is 8.36. The van der Waals surface area contributed by atoms with Gasteiger partial charge in [-0.2, -0.15) is 0 Å². The smallest absolute Gasteiger partial charge is 0.0366 e. The maximum atomic E-state index is 3.78. The minimum atomic E-state index is 1.05. The van der Waals surface area contributed by atoms with Gasteiger partial charge in [-0.25, -0.2) is 0 Å². The quantitative estimate of drug-likeness (QED) is 0.602. The van der Waals surface area contributed by atoms with Crippen LogP contribution in [0.4, 0.5) is 5.69 Å². The maximum Gasteiger partial charge on any atom is 0.0366 e. The van der Waals surface area contributed by atoms with Crippen molar-refractivity contribution in [3.05, 3.63) is 72.4 Å². The molecule has 1 saturated heterocycles. The van der Waals surface area contributed by atoms with Crippen molar-refractivity contribution in [3.8, 4) is 0 Å². The fourth-order valence-electron chi connectivity index (χ4n) is 2.70. The summed E-state index contributed by atoms with van der Waals surface area (Å²) < 4.78 is 0. The number of piperidine rings is 1. The number of benzene rings is 1. The molecule has 0 saturated carbocycles. The Kier molecular flexibility index (Phi) is 6.76. The molecular formula is C21H27N. The van der Waals surface area contributed by atoms with Crippen LogP contribution in [0.15, 0.2) is 66.8 Å². The lowest BCUT2D eigenvalue weighted by Gasteiger charge is -2.28. The molecule has 1 aliphatic rings. The molecular weight excluding hydrogens is 266 g/mol. The molecule has 1 aromatic carbocycles. The van der Waals surface area contributed by atoms with Gasteiger partial charge in [0.1, 0.15) is 0 Å². The van der Waals surface area contributed by atoms with E-state index in [1.807, 2.05) is 12.2 Å². The zero-order chi connectivity index (χ0) is 15.6. The van der Waals surface area contributed by atoms with Crippen LogP contribution < -0.4 is 4.90 Å². The molecule has 1 nitrogen and oxygen atoms in total. The van der Waals surface area contributed by atoms with Crippen molar-refractivity contribution in [1.82, 2.24) is 0 Å². The van der Waals surface area contributed by atoms with Crippen molar-refractivity contribution < 1.29 is 0 Å². The topological polar surface area (TPSA) is 3.24 Å². The zero-order valence-electron chi connectivity index (χ0n) is 13.7. The Hall–Kier alpha value is -2.02. The Morgan fingerprint density at radius 3 is 2.45 bits per heavy atom. The van der Waals surface area contributed by atoms with Crippen molar-refractivity contribution in [2.75, 3.05) is 18.0 Å². The van der Waals surface area contributed by atoms with Gasteiger partial charge in [-0.3, -0.25) is 0 Å². The third kappa shape index (κ3) is 5.07. The van der Waals surface area contributed by atoms with Crippen LogP contribution in [0.3, 0.4) is 0 Å². The average molecular weight is 293 g/mol. The molecule has 0 atom stereocenters. The number of allylic oxidation sites excluding steroid dienone is 6. The van der Waals surface area contributed by atoms with Crippen molar-refractivity contribution in [3.63, 3.8) is 0 Å². The fourth-order valence-corrected chi connectivity index (χ4v) is 2.70. The summed E-state index contributed by atoms with van der Waals surface area (Å²) in [5, 5.41) is 0. The van der Waals surface area contributed by atoms with Gasteiger partial charge in [0.15, 0.2) is 0 Å². The van der Waals surface area contributed by atoms with E-state index in [2.05, 4.69) is 67.0 Å². The van der Waals surface area contributed by atoms with Crippen molar-refractivity contribution in [1.29, 1.82) is 0 Å². The van der Waals surface area contributed by atoms with Crippen LogP contribution >= 0.6 is 0 Å². The van der Waals surface area contributed by atoms with E-state index in [9.17, 15) is 0 Å². The molecule has 0 aromatic heterocycles. The summed E-state index contributed by atoms with van der Waals surface area (Å²) in [6.45, 7) is 8.32. The lowest BCUT2D eigenvalue weighted by atomic mass is 10.1. The van der Waals surface area contributed by atoms with Gasteiger partial charge < -0.3 is 4.90 Å². The molecule has 0 spiro atoms. The summed E-state index contributed by atoms with van der Waals surface area (Å²) in [5.41, 5.74) is 3.77. The molecule has 1 fully saturated rings. The van der Waals surface area contributed by atoms with E-state index in [-0.39, 0.29) is 0 Å². The van der Waals surface area contributed by atoms with Crippen LogP contribution in [0, 0.1) is 0 Å². The van der Waals surface area contributed by atoms with Crippen LogP contribution in [0.25, 0.3) is 6.08 Å². The second-order valence-corrected chi connectivity index (χ2v) is 5.69. The van der Waals surface area contributed by atoms with Crippen LogP contribution in [0.1, 0.15) is 38.2 Å².